The average Bonchev–Trinajstić information content (AvgIpc) is 2.98. The van der Waals surface area contributed by atoms with E-state index in [0.717, 1.165) is 0 Å². The first-order valence-corrected chi connectivity index (χ1v) is 8.45. The molecule has 4 N–H and O–H groups in total. The minimum atomic E-state index is -0.664. The Hall–Kier alpha value is -1.87. The molecule has 0 saturated heterocycles. The lowest BCUT2D eigenvalue weighted by atomic mass is 10.2. The minimum absolute atomic E-state index is 0.131. The third-order valence-electron chi connectivity index (χ3n) is 2.92. The summed E-state index contributed by atoms with van der Waals surface area (Å²) in [5, 5.41) is 15.3. The zero-order chi connectivity index (χ0) is 17.4. The number of aliphatic hydroxyl groups excluding tert-OH is 1. The van der Waals surface area contributed by atoms with Crippen LogP contribution in [0.2, 0.25) is 5.15 Å². The van der Waals surface area contributed by atoms with Gasteiger partial charge in [-0.05, 0) is 24.3 Å². The van der Waals surface area contributed by atoms with E-state index in [2.05, 4.69) is 10.3 Å². The SMILES string of the molecule is NC(=O)c1ccc(OCCNCC(O)COc2nc(Cl)cs2)cc1. The summed E-state index contributed by atoms with van der Waals surface area (Å²) in [6.45, 7) is 1.47. The Labute approximate surface area is 148 Å². The first kappa shape index (κ1) is 18.5. The summed E-state index contributed by atoms with van der Waals surface area (Å²) in [7, 11) is 0. The maximum atomic E-state index is 10.9. The molecule has 0 aliphatic rings. The first-order chi connectivity index (χ1) is 11.5. The van der Waals surface area contributed by atoms with Gasteiger partial charge in [-0.3, -0.25) is 4.79 Å². The molecule has 1 atom stereocenters. The van der Waals surface area contributed by atoms with Crippen LogP contribution < -0.4 is 20.5 Å². The number of hydrogen-bond acceptors (Lipinski definition) is 7. The van der Waals surface area contributed by atoms with Crippen LogP contribution in [0.4, 0.5) is 0 Å². The molecule has 1 aromatic heterocycles. The predicted molar refractivity (Wildman–Crippen MR) is 92.0 cm³/mol. The van der Waals surface area contributed by atoms with Crippen molar-refractivity contribution in [2.75, 3.05) is 26.3 Å². The number of benzene rings is 1. The largest absolute Gasteiger partial charge is 0.492 e. The van der Waals surface area contributed by atoms with Crippen LogP contribution >= 0.6 is 22.9 Å². The van der Waals surface area contributed by atoms with E-state index in [1.165, 1.54) is 11.3 Å². The van der Waals surface area contributed by atoms with Crippen molar-refractivity contribution in [3.63, 3.8) is 0 Å². The summed E-state index contributed by atoms with van der Waals surface area (Å²) in [6, 6.07) is 6.58. The zero-order valence-electron chi connectivity index (χ0n) is 12.8. The number of ether oxygens (including phenoxy) is 2. The van der Waals surface area contributed by atoms with Crippen molar-refractivity contribution in [2.24, 2.45) is 5.73 Å². The molecular formula is C15H18ClN3O4S. The number of aromatic nitrogens is 1. The number of nitrogens with one attached hydrogen (secondary N) is 1. The second-order valence-electron chi connectivity index (χ2n) is 4.84. The molecule has 9 heteroatoms. The van der Waals surface area contributed by atoms with E-state index in [0.29, 0.717) is 41.4 Å². The van der Waals surface area contributed by atoms with Crippen LogP contribution in [0.1, 0.15) is 10.4 Å². The Bertz CT molecular complexity index is 650. The van der Waals surface area contributed by atoms with E-state index in [1.54, 1.807) is 29.6 Å². The summed E-state index contributed by atoms with van der Waals surface area (Å²) in [5.74, 6) is 0.172. The molecule has 0 aliphatic heterocycles. The summed E-state index contributed by atoms with van der Waals surface area (Å²) in [6.07, 6.45) is -0.664. The molecule has 0 radical (unpaired) electrons. The van der Waals surface area contributed by atoms with Crippen LogP contribution in [0.3, 0.4) is 0 Å². The quantitative estimate of drug-likeness (QED) is 0.543. The van der Waals surface area contributed by atoms with E-state index in [1.807, 2.05) is 0 Å². The number of amides is 1. The molecule has 1 amide bonds. The first-order valence-electron chi connectivity index (χ1n) is 7.20. The number of thiazole rings is 1. The molecule has 24 heavy (non-hydrogen) atoms. The highest BCUT2D eigenvalue weighted by molar-refractivity contribution is 7.11. The van der Waals surface area contributed by atoms with Gasteiger partial charge in [0.25, 0.3) is 5.19 Å². The Morgan fingerprint density at radius 1 is 1.38 bits per heavy atom. The molecule has 1 aromatic carbocycles. The highest BCUT2D eigenvalue weighted by Crippen LogP contribution is 2.21. The standard InChI is InChI=1S/C15H18ClN3O4S/c16-13-9-24-15(19-13)23-8-11(20)7-18-5-6-22-12-3-1-10(2-4-12)14(17)21/h1-4,9,11,18,20H,5-8H2,(H2,17,21). The van der Waals surface area contributed by atoms with Crippen molar-refractivity contribution >= 4 is 28.8 Å². The Morgan fingerprint density at radius 2 is 2.12 bits per heavy atom. The number of hydrogen-bond donors (Lipinski definition) is 3. The summed E-state index contributed by atoms with van der Waals surface area (Å²) in [4.78, 5) is 14.9. The Kier molecular flexibility index (Phi) is 7.26. The number of rotatable bonds is 10. The van der Waals surface area contributed by atoms with Crippen molar-refractivity contribution in [1.29, 1.82) is 0 Å². The van der Waals surface area contributed by atoms with E-state index in [-0.39, 0.29) is 6.61 Å². The lowest BCUT2D eigenvalue weighted by Crippen LogP contribution is -2.33. The second kappa shape index (κ2) is 9.43. The molecule has 2 aromatic rings. The van der Waals surface area contributed by atoms with Crippen molar-refractivity contribution in [1.82, 2.24) is 10.3 Å². The molecule has 0 fully saturated rings. The minimum Gasteiger partial charge on any atom is -0.492 e. The van der Waals surface area contributed by atoms with Crippen LogP contribution in [-0.2, 0) is 0 Å². The maximum absolute atomic E-state index is 10.9. The van der Waals surface area contributed by atoms with Gasteiger partial charge < -0.3 is 25.6 Å². The normalized spacial score (nSPS) is 11.9. The van der Waals surface area contributed by atoms with Gasteiger partial charge in [-0.2, -0.15) is 4.98 Å². The molecule has 0 bridgehead atoms. The summed E-state index contributed by atoms with van der Waals surface area (Å²) < 4.78 is 10.8. The molecule has 0 spiro atoms. The lowest BCUT2D eigenvalue weighted by Gasteiger charge is -2.12. The number of nitrogens with two attached hydrogens (primary N) is 1. The van der Waals surface area contributed by atoms with Gasteiger partial charge in [0.05, 0.1) is 0 Å². The highest BCUT2D eigenvalue weighted by Gasteiger charge is 2.07. The van der Waals surface area contributed by atoms with Gasteiger partial charge in [0.15, 0.2) is 0 Å². The maximum Gasteiger partial charge on any atom is 0.274 e. The smallest absolute Gasteiger partial charge is 0.274 e. The topological polar surface area (TPSA) is 107 Å². The third-order valence-corrected chi connectivity index (χ3v) is 4.00. The zero-order valence-corrected chi connectivity index (χ0v) is 14.3. The van der Waals surface area contributed by atoms with Gasteiger partial charge >= 0.3 is 0 Å². The van der Waals surface area contributed by atoms with Gasteiger partial charge in [0, 0.05) is 24.0 Å². The predicted octanol–water partition coefficient (Wildman–Crippen LogP) is 1.30. The van der Waals surface area contributed by atoms with E-state index >= 15 is 0 Å². The number of carbonyl (C=O) groups is 1. The van der Waals surface area contributed by atoms with Crippen molar-refractivity contribution < 1.29 is 19.4 Å². The van der Waals surface area contributed by atoms with Crippen molar-refractivity contribution in [2.45, 2.75) is 6.10 Å². The number of nitrogens with zero attached hydrogens (tertiary/aromatic N) is 1. The monoisotopic (exact) mass is 371 g/mol. The van der Waals surface area contributed by atoms with Crippen LogP contribution in [-0.4, -0.2) is 48.4 Å². The lowest BCUT2D eigenvalue weighted by molar-refractivity contribution is 0.1000. The van der Waals surface area contributed by atoms with Crippen LogP contribution in [0.25, 0.3) is 0 Å². The molecule has 1 heterocycles. The Balaban J connectivity index is 1.56. The van der Waals surface area contributed by atoms with E-state index in [9.17, 15) is 9.90 Å². The van der Waals surface area contributed by atoms with Crippen LogP contribution in [0.5, 0.6) is 10.9 Å². The fourth-order valence-corrected chi connectivity index (χ4v) is 2.56. The molecular weight excluding hydrogens is 354 g/mol. The van der Waals surface area contributed by atoms with Crippen molar-refractivity contribution in [3.8, 4) is 10.9 Å². The van der Waals surface area contributed by atoms with Gasteiger partial charge in [-0.25, -0.2) is 0 Å². The van der Waals surface area contributed by atoms with Gasteiger partial charge in [-0.15, -0.1) is 0 Å². The van der Waals surface area contributed by atoms with E-state index < -0.39 is 12.0 Å². The van der Waals surface area contributed by atoms with Crippen LogP contribution in [0.15, 0.2) is 29.6 Å². The average molecular weight is 372 g/mol. The summed E-state index contributed by atoms with van der Waals surface area (Å²) in [5.41, 5.74) is 5.60. The Morgan fingerprint density at radius 3 is 2.75 bits per heavy atom. The molecule has 2 rings (SSSR count). The fraction of sp³-hybridized carbons (Fsp3) is 0.333. The fourth-order valence-electron chi connectivity index (χ4n) is 1.76. The van der Waals surface area contributed by atoms with Gasteiger partial charge in [-0.1, -0.05) is 22.9 Å². The molecule has 7 nitrogen and oxygen atoms in total. The second-order valence-corrected chi connectivity index (χ2v) is 6.05. The van der Waals surface area contributed by atoms with Crippen molar-refractivity contribution in [3.05, 3.63) is 40.4 Å². The van der Waals surface area contributed by atoms with Gasteiger partial charge in [0.2, 0.25) is 5.91 Å². The number of aliphatic hydroxyl groups is 1. The molecule has 130 valence electrons. The summed E-state index contributed by atoms with van der Waals surface area (Å²) >= 11 is 6.95. The van der Waals surface area contributed by atoms with Crippen LogP contribution in [0, 0.1) is 0 Å². The highest BCUT2D eigenvalue weighted by atomic mass is 35.5. The third kappa shape index (κ3) is 6.32. The molecule has 0 saturated carbocycles. The molecule has 0 aliphatic carbocycles. The molecule has 1 unspecified atom stereocenters. The number of primary amides is 1. The van der Waals surface area contributed by atoms with Gasteiger partial charge in [0.1, 0.15) is 30.2 Å². The van der Waals surface area contributed by atoms with E-state index in [4.69, 9.17) is 26.8 Å². The number of halogens is 1. The number of carbonyl (C=O) groups excluding carboxylic acids is 1.